The van der Waals surface area contributed by atoms with Crippen LogP contribution in [0.3, 0.4) is 0 Å². The smallest absolute Gasteiger partial charge is 0.308 e. The molecule has 92 valence electrons. The lowest BCUT2D eigenvalue weighted by molar-refractivity contribution is -0.150. The fourth-order valence-corrected chi connectivity index (χ4v) is 2.63. The van der Waals surface area contributed by atoms with Gasteiger partial charge in [-0.3, -0.25) is 4.79 Å². The number of ether oxygens (including phenoxy) is 1. The maximum absolute atomic E-state index is 11.6. The monoisotopic (exact) mass is 234 g/mol. The SMILES string of the molecule is COC(=O)C1CCCC(O)(c2ccccc2)C1. The van der Waals surface area contributed by atoms with Crippen molar-refractivity contribution in [2.75, 3.05) is 7.11 Å². The van der Waals surface area contributed by atoms with Crippen molar-refractivity contribution in [2.24, 2.45) is 5.92 Å². The van der Waals surface area contributed by atoms with E-state index in [4.69, 9.17) is 4.74 Å². The van der Waals surface area contributed by atoms with Gasteiger partial charge >= 0.3 is 5.97 Å². The Morgan fingerprint density at radius 3 is 2.76 bits per heavy atom. The maximum Gasteiger partial charge on any atom is 0.308 e. The third-order valence-electron chi connectivity index (χ3n) is 3.57. The van der Waals surface area contributed by atoms with Gasteiger partial charge in [0.05, 0.1) is 18.6 Å². The van der Waals surface area contributed by atoms with E-state index < -0.39 is 5.60 Å². The lowest BCUT2D eigenvalue weighted by Crippen LogP contribution is -2.36. The van der Waals surface area contributed by atoms with Gasteiger partial charge in [-0.1, -0.05) is 30.3 Å². The Labute approximate surface area is 101 Å². The standard InChI is InChI=1S/C14H18O3/c1-17-13(15)11-6-5-9-14(16,10-11)12-7-3-2-4-8-12/h2-4,7-8,11,16H,5-6,9-10H2,1H3. The summed E-state index contributed by atoms with van der Waals surface area (Å²) in [6.45, 7) is 0. The molecule has 0 saturated heterocycles. The van der Waals surface area contributed by atoms with Gasteiger partial charge in [-0.2, -0.15) is 0 Å². The minimum absolute atomic E-state index is 0.182. The Kier molecular flexibility index (Phi) is 3.48. The highest BCUT2D eigenvalue weighted by Crippen LogP contribution is 2.40. The van der Waals surface area contributed by atoms with E-state index in [1.54, 1.807) is 0 Å². The van der Waals surface area contributed by atoms with Crippen molar-refractivity contribution in [2.45, 2.75) is 31.3 Å². The van der Waals surface area contributed by atoms with Crippen LogP contribution in [0.5, 0.6) is 0 Å². The molecule has 17 heavy (non-hydrogen) atoms. The molecule has 0 amide bonds. The van der Waals surface area contributed by atoms with E-state index in [1.807, 2.05) is 30.3 Å². The van der Waals surface area contributed by atoms with Gasteiger partial charge in [0.25, 0.3) is 0 Å². The number of hydrogen-bond acceptors (Lipinski definition) is 3. The lowest BCUT2D eigenvalue weighted by atomic mass is 9.74. The zero-order valence-corrected chi connectivity index (χ0v) is 10.1. The number of rotatable bonds is 2. The molecule has 2 unspecified atom stereocenters. The number of esters is 1. The minimum atomic E-state index is -0.877. The molecule has 1 aliphatic carbocycles. The molecular weight excluding hydrogens is 216 g/mol. The van der Waals surface area contributed by atoms with E-state index in [0.29, 0.717) is 12.8 Å². The molecule has 2 rings (SSSR count). The van der Waals surface area contributed by atoms with E-state index in [9.17, 15) is 9.90 Å². The van der Waals surface area contributed by atoms with E-state index in [0.717, 1.165) is 18.4 Å². The molecule has 0 heterocycles. The zero-order valence-electron chi connectivity index (χ0n) is 10.1. The number of hydrogen-bond donors (Lipinski definition) is 1. The fourth-order valence-electron chi connectivity index (χ4n) is 2.63. The average Bonchev–Trinajstić information content (AvgIpc) is 2.39. The van der Waals surface area contributed by atoms with Gasteiger partial charge < -0.3 is 9.84 Å². The van der Waals surface area contributed by atoms with Gasteiger partial charge in [0.2, 0.25) is 0 Å². The van der Waals surface area contributed by atoms with Crippen LogP contribution >= 0.6 is 0 Å². The van der Waals surface area contributed by atoms with Crippen molar-refractivity contribution in [3.8, 4) is 0 Å². The maximum atomic E-state index is 11.6. The molecule has 0 radical (unpaired) electrons. The molecule has 2 atom stereocenters. The second kappa shape index (κ2) is 4.88. The highest BCUT2D eigenvalue weighted by molar-refractivity contribution is 5.72. The topological polar surface area (TPSA) is 46.5 Å². The van der Waals surface area contributed by atoms with Crippen LogP contribution in [0.1, 0.15) is 31.2 Å². The summed E-state index contributed by atoms with van der Waals surface area (Å²) in [4.78, 5) is 11.6. The fraction of sp³-hybridized carbons (Fsp3) is 0.500. The Bertz CT molecular complexity index is 388. The van der Waals surface area contributed by atoms with Crippen molar-refractivity contribution in [1.82, 2.24) is 0 Å². The Morgan fingerprint density at radius 2 is 2.12 bits per heavy atom. The summed E-state index contributed by atoms with van der Waals surface area (Å²) < 4.78 is 4.77. The van der Waals surface area contributed by atoms with Crippen molar-refractivity contribution in [3.63, 3.8) is 0 Å². The van der Waals surface area contributed by atoms with Crippen LogP contribution < -0.4 is 0 Å². The summed E-state index contributed by atoms with van der Waals surface area (Å²) in [5, 5.41) is 10.6. The van der Waals surface area contributed by atoms with Crippen LogP contribution in [0, 0.1) is 5.92 Å². The van der Waals surface area contributed by atoms with Crippen molar-refractivity contribution in [1.29, 1.82) is 0 Å². The third kappa shape index (κ3) is 2.50. The van der Waals surface area contributed by atoms with Gasteiger partial charge in [-0.15, -0.1) is 0 Å². The van der Waals surface area contributed by atoms with E-state index >= 15 is 0 Å². The zero-order chi connectivity index (χ0) is 12.3. The summed E-state index contributed by atoms with van der Waals surface area (Å²) in [7, 11) is 1.40. The average molecular weight is 234 g/mol. The molecule has 0 aromatic heterocycles. The molecule has 1 saturated carbocycles. The highest BCUT2D eigenvalue weighted by atomic mass is 16.5. The summed E-state index contributed by atoms with van der Waals surface area (Å²) in [5.74, 6) is -0.391. The van der Waals surface area contributed by atoms with Crippen LogP contribution in [0.2, 0.25) is 0 Å². The van der Waals surface area contributed by atoms with E-state index in [-0.39, 0.29) is 11.9 Å². The van der Waals surface area contributed by atoms with Crippen molar-refractivity contribution < 1.29 is 14.6 Å². The van der Waals surface area contributed by atoms with Gasteiger partial charge in [0, 0.05) is 0 Å². The first kappa shape index (κ1) is 12.1. The first-order valence-electron chi connectivity index (χ1n) is 6.01. The Hall–Kier alpha value is -1.35. The predicted molar refractivity (Wildman–Crippen MR) is 64.3 cm³/mol. The number of carbonyl (C=O) groups is 1. The van der Waals surface area contributed by atoms with Gasteiger partial charge in [-0.05, 0) is 31.2 Å². The third-order valence-corrected chi connectivity index (χ3v) is 3.57. The lowest BCUT2D eigenvalue weighted by Gasteiger charge is -2.36. The van der Waals surface area contributed by atoms with Crippen molar-refractivity contribution in [3.05, 3.63) is 35.9 Å². The molecular formula is C14H18O3. The molecule has 1 aromatic rings. The van der Waals surface area contributed by atoms with Crippen LogP contribution in [0.4, 0.5) is 0 Å². The van der Waals surface area contributed by atoms with Crippen molar-refractivity contribution >= 4 is 5.97 Å². The quantitative estimate of drug-likeness (QED) is 0.798. The molecule has 0 aliphatic heterocycles. The molecule has 0 bridgehead atoms. The molecule has 1 aromatic carbocycles. The first-order valence-corrected chi connectivity index (χ1v) is 6.01. The second-order valence-corrected chi connectivity index (χ2v) is 4.71. The molecule has 3 heteroatoms. The summed E-state index contributed by atoms with van der Waals surface area (Å²) in [6, 6.07) is 9.58. The number of benzene rings is 1. The molecule has 1 N–H and O–H groups in total. The largest absolute Gasteiger partial charge is 0.469 e. The van der Waals surface area contributed by atoms with Crippen LogP contribution in [-0.2, 0) is 15.1 Å². The van der Waals surface area contributed by atoms with Gasteiger partial charge in [-0.25, -0.2) is 0 Å². The predicted octanol–water partition coefficient (Wildman–Crippen LogP) is 2.24. The number of aliphatic hydroxyl groups is 1. The van der Waals surface area contributed by atoms with Gasteiger partial charge in [0.15, 0.2) is 0 Å². The van der Waals surface area contributed by atoms with E-state index in [2.05, 4.69) is 0 Å². The number of methoxy groups -OCH3 is 1. The van der Waals surface area contributed by atoms with Crippen LogP contribution in [-0.4, -0.2) is 18.2 Å². The Balaban J connectivity index is 2.18. The van der Waals surface area contributed by atoms with Crippen LogP contribution in [0.25, 0.3) is 0 Å². The molecule has 1 fully saturated rings. The molecule has 3 nitrogen and oxygen atoms in total. The summed E-state index contributed by atoms with van der Waals surface area (Å²) in [6.07, 6.45) is 2.83. The number of carbonyl (C=O) groups excluding carboxylic acids is 1. The first-order chi connectivity index (χ1) is 8.15. The molecule has 0 spiro atoms. The summed E-state index contributed by atoms with van der Waals surface area (Å²) >= 11 is 0. The molecule has 1 aliphatic rings. The second-order valence-electron chi connectivity index (χ2n) is 4.71. The van der Waals surface area contributed by atoms with E-state index in [1.165, 1.54) is 7.11 Å². The normalized spacial score (nSPS) is 28.7. The summed E-state index contributed by atoms with van der Waals surface area (Å²) in [5.41, 5.74) is 0.0202. The van der Waals surface area contributed by atoms with Gasteiger partial charge in [0.1, 0.15) is 0 Å². The minimum Gasteiger partial charge on any atom is -0.469 e. The van der Waals surface area contributed by atoms with Crippen LogP contribution in [0.15, 0.2) is 30.3 Å². The Morgan fingerprint density at radius 1 is 1.41 bits per heavy atom. The highest BCUT2D eigenvalue weighted by Gasteiger charge is 2.38.